The van der Waals surface area contributed by atoms with Crippen LogP contribution in [0.3, 0.4) is 0 Å². The van der Waals surface area contributed by atoms with E-state index in [4.69, 9.17) is 0 Å². The molecule has 110 valence electrons. The fourth-order valence-corrected chi connectivity index (χ4v) is 2.44. The number of nitrogens with zero attached hydrogens (tertiary/aromatic N) is 1. The number of rotatable bonds is 9. The minimum atomic E-state index is 0. The fourth-order valence-electron chi connectivity index (χ4n) is 2.44. The summed E-state index contributed by atoms with van der Waals surface area (Å²) in [5.41, 5.74) is 1.46. The summed E-state index contributed by atoms with van der Waals surface area (Å²) in [6.45, 7) is 19.0. The van der Waals surface area contributed by atoms with Gasteiger partial charge in [0.05, 0.1) is 26.2 Å². The van der Waals surface area contributed by atoms with Crippen LogP contribution in [0.1, 0.15) is 60.8 Å². The summed E-state index contributed by atoms with van der Waals surface area (Å²) >= 11 is 0. The molecule has 0 fully saturated rings. The van der Waals surface area contributed by atoms with Crippen molar-refractivity contribution in [2.75, 3.05) is 26.2 Å². The van der Waals surface area contributed by atoms with Gasteiger partial charge >= 0.3 is 0 Å². The smallest absolute Gasteiger partial charge is 0.0788 e. The summed E-state index contributed by atoms with van der Waals surface area (Å²) in [6.07, 6.45) is 6.36. The average molecular weight is 367 g/mol. The molecule has 18 heavy (non-hydrogen) atoms. The minimum Gasteiger partial charge on any atom is -1.00 e. The summed E-state index contributed by atoms with van der Waals surface area (Å²) in [4.78, 5) is 0. The third-order valence-corrected chi connectivity index (χ3v) is 4.32. The van der Waals surface area contributed by atoms with Crippen LogP contribution in [0.5, 0.6) is 0 Å². The van der Waals surface area contributed by atoms with Gasteiger partial charge in [-0.2, -0.15) is 0 Å². The van der Waals surface area contributed by atoms with Crippen LogP contribution in [0, 0.1) is 5.92 Å². The molecule has 1 atom stereocenters. The zero-order valence-electron chi connectivity index (χ0n) is 13.4. The lowest BCUT2D eigenvalue weighted by atomic mass is 10.00. The van der Waals surface area contributed by atoms with Gasteiger partial charge < -0.3 is 28.5 Å². The van der Waals surface area contributed by atoms with Crippen molar-refractivity contribution in [1.29, 1.82) is 0 Å². The number of allylic oxidation sites excluding steroid dienone is 2. The zero-order chi connectivity index (χ0) is 13.3. The SMILES string of the molecule is CC[N+](CC)(CC)CC[C@@H](C)CCC=C(C)C.[I-]. The van der Waals surface area contributed by atoms with Crippen LogP contribution in [0.15, 0.2) is 11.6 Å². The summed E-state index contributed by atoms with van der Waals surface area (Å²) in [5, 5.41) is 0. The summed E-state index contributed by atoms with van der Waals surface area (Å²) in [6, 6.07) is 0. The number of hydrogen-bond acceptors (Lipinski definition) is 0. The Morgan fingerprint density at radius 2 is 1.50 bits per heavy atom. The van der Waals surface area contributed by atoms with Gasteiger partial charge in [-0.05, 0) is 59.8 Å². The molecule has 2 heteroatoms. The number of halogens is 1. The molecule has 0 radical (unpaired) electrons. The van der Waals surface area contributed by atoms with Crippen LogP contribution in [0.25, 0.3) is 0 Å². The highest BCUT2D eigenvalue weighted by Gasteiger charge is 2.20. The van der Waals surface area contributed by atoms with Crippen molar-refractivity contribution in [2.24, 2.45) is 5.92 Å². The highest BCUT2D eigenvalue weighted by atomic mass is 127. The van der Waals surface area contributed by atoms with Gasteiger partial charge in [-0.25, -0.2) is 0 Å². The molecule has 0 amide bonds. The van der Waals surface area contributed by atoms with Gasteiger partial charge in [0, 0.05) is 0 Å². The second kappa shape index (κ2) is 11.3. The van der Waals surface area contributed by atoms with Crippen molar-refractivity contribution >= 4 is 0 Å². The molecule has 0 aromatic carbocycles. The van der Waals surface area contributed by atoms with Crippen molar-refractivity contribution in [3.63, 3.8) is 0 Å². The molecule has 0 bridgehead atoms. The van der Waals surface area contributed by atoms with E-state index in [1.165, 1.54) is 55.5 Å². The molecule has 1 nitrogen and oxygen atoms in total. The van der Waals surface area contributed by atoms with Crippen LogP contribution >= 0.6 is 0 Å². The van der Waals surface area contributed by atoms with Gasteiger partial charge in [-0.1, -0.05) is 18.6 Å². The first-order chi connectivity index (χ1) is 7.99. The van der Waals surface area contributed by atoms with E-state index in [1.54, 1.807) is 0 Å². The van der Waals surface area contributed by atoms with Crippen LogP contribution in [-0.2, 0) is 0 Å². The lowest BCUT2D eigenvalue weighted by Gasteiger charge is -2.36. The van der Waals surface area contributed by atoms with Crippen molar-refractivity contribution < 1.29 is 28.5 Å². The first-order valence-electron chi connectivity index (χ1n) is 7.48. The molecule has 0 saturated carbocycles. The zero-order valence-corrected chi connectivity index (χ0v) is 15.6. The molecule has 0 spiro atoms. The Kier molecular flexibility index (Phi) is 13.0. The van der Waals surface area contributed by atoms with Crippen LogP contribution in [0.2, 0.25) is 0 Å². The average Bonchev–Trinajstić information content (AvgIpc) is 2.31. The Morgan fingerprint density at radius 1 is 1.00 bits per heavy atom. The summed E-state index contributed by atoms with van der Waals surface area (Å²) in [5.74, 6) is 0.868. The first kappa shape index (κ1) is 20.7. The maximum absolute atomic E-state index is 2.41. The maximum atomic E-state index is 2.41. The molecule has 0 N–H and O–H groups in total. The Bertz CT molecular complexity index is 207. The largest absolute Gasteiger partial charge is 1.00 e. The first-order valence-corrected chi connectivity index (χ1v) is 7.48. The van der Waals surface area contributed by atoms with E-state index in [1.807, 2.05) is 0 Å². The summed E-state index contributed by atoms with van der Waals surface area (Å²) in [7, 11) is 0. The van der Waals surface area contributed by atoms with Gasteiger partial charge in [0.15, 0.2) is 0 Å². The lowest BCUT2D eigenvalue weighted by molar-refractivity contribution is -0.923. The van der Waals surface area contributed by atoms with Gasteiger partial charge in [0.1, 0.15) is 0 Å². The molecule has 0 rings (SSSR count). The second-order valence-electron chi connectivity index (χ2n) is 5.77. The van der Waals surface area contributed by atoms with Crippen LogP contribution in [-0.4, -0.2) is 30.7 Å². The van der Waals surface area contributed by atoms with E-state index in [-0.39, 0.29) is 24.0 Å². The molecular formula is C16H34IN. The molecule has 0 aliphatic heterocycles. The normalized spacial score (nSPS) is 12.8. The Labute approximate surface area is 133 Å². The van der Waals surface area contributed by atoms with E-state index < -0.39 is 0 Å². The molecule has 0 aromatic heterocycles. The third kappa shape index (κ3) is 8.52. The summed E-state index contributed by atoms with van der Waals surface area (Å²) < 4.78 is 1.30. The van der Waals surface area contributed by atoms with Gasteiger partial charge in [-0.3, -0.25) is 0 Å². The number of hydrogen-bond donors (Lipinski definition) is 0. The lowest BCUT2D eigenvalue weighted by Crippen LogP contribution is -3.00. The minimum absolute atomic E-state index is 0. The topological polar surface area (TPSA) is 0 Å². The monoisotopic (exact) mass is 367 g/mol. The highest BCUT2D eigenvalue weighted by Crippen LogP contribution is 2.16. The van der Waals surface area contributed by atoms with E-state index in [0.29, 0.717) is 0 Å². The fraction of sp³-hybridized carbons (Fsp3) is 0.875. The molecule has 0 aromatic rings. The van der Waals surface area contributed by atoms with Gasteiger partial charge in [0.25, 0.3) is 0 Å². The van der Waals surface area contributed by atoms with Crippen LogP contribution in [0.4, 0.5) is 0 Å². The number of quaternary nitrogens is 1. The van der Waals surface area contributed by atoms with E-state index in [2.05, 4.69) is 47.6 Å². The quantitative estimate of drug-likeness (QED) is 0.330. The van der Waals surface area contributed by atoms with Gasteiger partial charge in [0.2, 0.25) is 0 Å². The molecule has 0 aliphatic carbocycles. The maximum Gasteiger partial charge on any atom is 0.0788 e. The standard InChI is InChI=1S/C16H34N.HI/c1-7-17(8-2,9-3)14-13-16(6)12-10-11-15(4)5;/h11,16H,7-10,12-14H2,1-6H3;1H/q+1;/p-1/t16-;/m0./s1. The molecule has 0 unspecified atom stereocenters. The van der Waals surface area contributed by atoms with Gasteiger partial charge in [-0.15, -0.1) is 0 Å². The predicted octanol–water partition coefficient (Wildman–Crippen LogP) is 1.64. The second-order valence-corrected chi connectivity index (χ2v) is 5.77. The Morgan fingerprint density at radius 3 is 1.89 bits per heavy atom. The van der Waals surface area contributed by atoms with Crippen molar-refractivity contribution in [3.05, 3.63) is 11.6 Å². The molecular weight excluding hydrogens is 333 g/mol. The van der Waals surface area contributed by atoms with Crippen molar-refractivity contribution in [2.45, 2.75) is 60.8 Å². The van der Waals surface area contributed by atoms with E-state index in [0.717, 1.165) is 5.92 Å². The predicted molar refractivity (Wildman–Crippen MR) is 79.2 cm³/mol. The third-order valence-electron chi connectivity index (χ3n) is 4.32. The molecule has 0 saturated heterocycles. The van der Waals surface area contributed by atoms with E-state index >= 15 is 0 Å². The van der Waals surface area contributed by atoms with Crippen molar-refractivity contribution in [1.82, 2.24) is 0 Å². The Balaban J connectivity index is 0. The molecule has 0 heterocycles. The molecule has 0 aliphatic rings. The highest BCUT2D eigenvalue weighted by molar-refractivity contribution is 4.92. The van der Waals surface area contributed by atoms with Crippen LogP contribution < -0.4 is 24.0 Å². The van der Waals surface area contributed by atoms with E-state index in [9.17, 15) is 0 Å². The van der Waals surface area contributed by atoms with Crippen molar-refractivity contribution in [3.8, 4) is 0 Å². The Hall–Kier alpha value is 0.430.